The standard InChI is InChI=1S/C54H84O4/c1-3-5-7-9-11-13-15-17-23-29-39-57-47-37-38-48(58-40-30-24-18-16-14-12-10-8-6-4-2)54-44-34-28-22-20-26-32-42-50(44)49-41(51-45(55)35-36-46(56)52(42)51)31-25-19-21-27-33-43(49)53(47)54/h35-38,41-44,55-56H,3-34,39-40H2,1-2H3/t41?,42?,43-,44+. The van der Waals surface area contributed by atoms with Crippen LogP contribution in [0.2, 0.25) is 0 Å². The average Bonchev–Trinajstić information content (AvgIpc) is 3.41. The second-order valence-electron chi connectivity index (χ2n) is 19.0. The third kappa shape index (κ3) is 11.8. The average molecular weight is 797 g/mol. The maximum Gasteiger partial charge on any atom is 0.123 e. The van der Waals surface area contributed by atoms with Crippen molar-refractivity contribution >= 4 is 0 Å². The molecule has 4 aliphatic rings. The Labute approximate surface area is 355 Å². The zero-order chi connectivity index (χ0) is 40.4. The highest BCUT2D eigenvalue weighted by Crippen LogP contribution is 2.65. The highest BCUT2D eigenvalue weighted by Gasteiger charge is 2.48. The summed E-state index contributed by atoms with van der Waals surface area (Å²) in [4.78, 5) is 0. The second kappa shape index (κ2) is 24.6. The van der Waals surface area contributed by atoms with Crippen molar-refractivity contribution in [2.24, 2.45) is 0 Å². The Balaban J connectivity index is 1.27. The van der Waals surface area contributed by atoms with Crippen molar-refractivity contribution in [3.63, 3.8) is 0 Å². The van der Waals surface area contributed by atoms with Crippen molar-refractivity contribution < 1.29 is 19.7 Å². The molecule has 324 valence electrons. The van der Waals surface area contributed by atoms with Gasteiger partial charge in [0.25, 0.3) is 0 Å². The molecule has 0 bridgehead atoms. The van der Waals surface area contributed by atoms with Crippen LogP contribution < -0.4 is 9.47 Å². The summed E-state index contributed by atoms with van der Waals surface area (Å²) in [6, 6.07) is 8.10. The summed E-state index contributed by atoms with van der Waals surface area (Å²) in [6.07, 6.45) is 40.5. The summed E-state index contributed by atoms with van der Waals surface area (Å²) >= 11 is 0. The summed E-state index contributed by atoms with van der Waals surface area (Å²) in [5.41, 5.74) is 8.11. The van der Waals surface area contributed by atoms with E-state index in [4.69, 9.17) is 9.47 Å². The molecule has 4 nitrogen and oxygen atoms in total. The number of benzene rings is 2. The lowest BCUT2D eigenvalue weighted by Gasteiger charge is -2.47. The molecule has 0 radical (unpaired) electrons. The number of fused-ring (bicyclic) bond motifs is 6. The first kappa shape index (κ1) is 44.9. The van der Waals surface area contributed by atoms with Crippen LogP contribution in [0.4, 0.5) is 0 Å². The van der Waals surface area contributed by atoms with Crippen LogP contribution in [0.3, 0.4) is 0 Å². The third-order valence-corrected chi connectivity index (χ3v) is 14.7. The number of aromatic hydroxyl groups is 2. The van der Waals surface area contributed by atoms with Gasteiger partial charge < -0.3 is 19.7 Å². The fourth-order valence-corrected chi connectivity index (χ4v) is 11.7. The normalized spacial score (nSPS) is 21.7. The molecule has 0 aromatic heterocycles. The summed E-state index contributed by atoms with van der Waals surface area (Å²) in [5, 5.41) is 23.4. The zero-order valence-corrected chi connectivity index (χ0v) is 37.4. The molecule has 2 N–H and O–H groups in total. The summed E-state index contributed by atoms with van der Waals surface area (Å²) < 4.78 is 14.0. The van der Waals surface area contributed by atoms with Gasteiger partial charge in [0, 0.05) is 45.9 Å². The number of hydrogen-bond donors (Lipinski definition) is 2. The molecule has 6 rings (SSSR count). The van der Waals surface area contributed by atoms with Gasteiger partial charge in [-0.3, -0.25) is 0 Å². The first-order valence-corrected chi connectivity index (χ1v) is 25.4. The first-order chi connectivity index (χ1) is 28.7. The number of rotatable bonds is 24. The quantitative estimate of drug-likeness (QED) is 0.0631. The minimum Gasteiger partial charge on any atom is -0.508 e. The zero-order valence-electron chi connectivity index (χ0n) is 37.4. The molecule has 0 heterocycles. The minimum atomic E-state index is 0.138. The smallest absolute Gasteiger partial charge is 0.123 e. The minimum absolute atomic E-state index is 0.138. The van der Waals surface area contributed by atoms with Crippen LogP contribution in [0.25, 0.3) is 0 Å². The lowest BCUT2D eigenvalue weighted by Crippen LogP contribution is -2.31. The SMILES string of the molecule is CCCCCCCCCCCCOc1ccc(OCCCCCCCCCCCC)c2c1[C@@H]1CCCCCCC3C1=C1C(CCCCCC[C@@H]12)c1c(O)ccc(O)c13. The maximum absolute atomic E-state index is 11.7. The molecule has 58 heavy (non-hydrogen) atoms. The Morgan fingerprint density at radius 3 is 1.00 bits per heavy atom. The van der Waals surface area contributed by atoms with Gasteiger partial charge in [-0.15, -0.1) is 0 Å². The Bertz CT molecular complexity index is 1430. The molecular formula is C54H84O4. The van der Waals surface area contributed by atoms with E-state index in [0.29, 0.717) is 11.5 Å². The van der Waals surface area contributed by atoms with Gasteiger partial charge >= 0.3 is 0 Å². The van der Waals surface area contributed by atoms with E-state index >= 15 is 0 Å². The van der Waals surface area contributed by atoms with Gasteiger partial charge in [0.2, 0.25) is 0 Å². The van der Waals surface area contributed by atoms with Crippen molar-refractivity contribution in [3.8, 4) is 23.0 Å². The van der Waals surface area contributed by atoms with Gasteiger partial charge in [-0.25, -0.2) is 0 Å². The van der Waals surface area contributed by atoms with Crippen molar-refractivity contribution in [3.05, 3.63) is 57.7 Å². The van der Waals surface area contributed by atoms with E-state index in [1.807, 2.05) is 0 Å². The molecule has 2 aromatic carbocycles. The largest absolute Gasteiger partial charge is 0.508 e. The highest BCUT2D eigenvalue weighted by molar-refractivity contribution is 5.68. The summed E-state index contributed by atoms with van der Waals surface area (Å²) in [6.45, 7) is 6.14. The second-order valence-corrected chi connectivity index (χ2v) is 19.0. The lowest BCUT2D eigenvalue weighted by atomic mass is 9.57. The summed E-state index contributed by atoms with van der Waals surface area (Å²) in [5.74, 6) is 3.74. The van der Waals surface area contributed by atoms with Crippen LogP contribution >= 0.6 is 0 Å². The predicted molar refractivity (Wildman–Crippen MR) is 244 cm³/mol. The van der Waals surface area contributed by atoms with E-state index in [9.17, 15) is 10.2 Å². The first-order valence-electron chi connectivity index (χ1n) is 25.4. The van der Waals surface area contributed by atoms with Crippen molar-refractivity contribution in [2.75, 3.05) is 13.2 Å². The lowest BCUT2D eigenvalue weighted by molar-refractivity contribution is 0.285. The molecule has 0 spiro atoms. The fraction of sp³-hybridized carbons (Fsp3) is 0.741. The topological polar surface area (TPSA) is 58.9 Å². The van der Waals surface area contributed by atoms with Crippen LogP contribution in [-0.4, -0.2) is 23.4 Å². The third-order valence-electron chi connectivity index (χ3n) is 14.7. The van der Waals surface area contributed by atoms with E-state index in [-0.39, 0.29) is 23.7 Å². The number of phenolic OH excluding ortho intramolecular Hbond substituents is 2. The van der Waals surface area contributed by atoms with Gasteiger partial charge in [-0.05, 0) is 62.8 Å². The molecule has 4 heteroatoms. The van der Waals surface area contributed by atoms with Crippen LogP contribution in [0.5, 0.6) is 23.0 Å². The van der Waals surface area contributed by atoms with Crippen molar-refractivity contribution in [1.29, 1.82) is 0 Å². The summed E-state index contributed by atoms with van der Waals surface area (Å²) in [7, 11) is 0. The van der Waals surface area contributed by atoms with E-state index in [1.165, 1.54) is 165 Å². The van der Waals surface area contributed by atoms with E-state index in [1.54, 1.807) is 23.3 Å². The number of hydrogen-bond acceptors (Lipinski definition) is 4. The van der Waals surface area contributed by atoms with Gasteiger partial charge in [0.05, 0.1) is 13.2 Å². The Hall–Kier alpha value is -2.62. The van der Waals surface area contributed by atoms with Gasteiger partial charge in [0.1, 0.15) is 23.0 Å². The van der Waals surface area contributed by atoms with Gasteiger partial charge in [-0.1, -0.05) is 192 Å². The molecule has 2 unspecified atom stereocenters. The Kier molecular flexibility index (Phi) is 19.0. The number of phenols is 2. The molecule has 0 saturated heterocycles. The molecular weight excluding hydrogens is 713 g/mol. The molecule has 2 aromatic rings. The number of unbranched alkanes of at least 4 members (excludes halogenated alkanes) is 18. The molecule has 4 aliphatic carbocycles. The highest BCUT2D eigenvalue weighted by atomic mass is 16.5. The van der Waals surface area contributed by atoms with E-state index < -0.39 is 0 Å². The van der Waals surface area contributed by atoms with E-state index in [2.05, 4.69) is 26.0 Å². The van der Waals surface area contributed by atoms with Crippen molar-refractivity contribution in [1.82, 2.24) is 0 Å². The molecule has 2 fully saturated rings. The molecule has 4 atom stereocenters. The Morgan fingerprint density at radius 2 is 0.672 bits per heavy atom. The monoisotopic (exact) mass is 797 g/mol. The van der Waals surface area contributed by atoms with Gasteiger partial charge in [0.15, 0.2) is 0 Å². The van der Waals surface area contributed by atoms with Crippen LogP contribution in [0, 0.1) is 0 Å². The fourth-order valence-electron chi connectivity index (χ4n) is 11.7. The van der Waals surface area contributed by atoms with Crippen LogP contribution in [-0.2, 0) is 0 Å². The Morgan fingerprint density at radius 1 is 0.379 bits per heavy atom. The van der Waals surface area contributed by atoms with Crippen LogP contribution in [0.15, 0.2) is 35.4 Å². The number of ether oxygens (including phenoxy) is 2. The number of allylic oxidation sites excluding steroid dienone is 2. The predicted octanol–water partition coefficient (Wildman–Crippen LogP) is 16.8. The molecule has 0 aliphatic heterocycles. The van der Waals surface area contributed by atoms with Gasteiger partial charge in [-0.2, -0.15) is 0 Å². The van der Waals surface area contributed by atoms with Crippen molar-refractivity contribution in [2.45, 2.75) is 243 Å². The molecule has 0 amide bonds. The maximum atomic E-state index is 11.7. The van der Waals surface area contributed by atoms with E-state index in [0.717, 1.165) is 87.2 Å². The molecule has 2 saturated carbocycles. The van der Waals surface area contributed by atoms with Crippen LogP contribution in [0.1, 0.15) is 265 Å².